The molecule has 0 saturated heterocycles. The summed E-state index contributed by atoms with van der Waals surface area (Å²) in [7, 11) is 1.93. The van der Waals surface area contributed by atoms with Crippen molar-refractivity contribution in [1.82, 2.24) is 9.78 Å². The Hall–Kier alpha value is -0.990. The fraction of sp³-hybridized carbons (Fsp3) is 0.667. The summed E-state index contributed by atoms with van der Waals surface area (Å²) in [5.74, 6) is 0. The second-order valence-corrected chi connectivity index (χ2v) is 4.07. The lowest BCUT2D eigenvalue weighted by Crippen LogP contribution is -2.10. The maximum atomic E-state index is 4.09. The Bertz CT molecular complexity index is 273. The van der Waals surface area contributed by atoms with Gasteiger partial charge in [-0.15, -0.1) is 0 Å². The molecule has 1 aromatic rings. The molecule has 66 valence electrons. The van der Waals surface area contributed by atoms with E-state index in [1.807, 2.05) is 24.1 Å². The van der Waals surface area contributed by atoms with Crippen molar-refractivity contribution in [2.24, 2.45) is 12.5 Å². The molecule has 1 aliphatic rings. The highest BCUT2D eigenvalue weighted by atomic mass is 15.3. The minimum absolute atomic E-state index is 0.565. The Balaban J connectivity index is 1.87. The average molecular weight is 165 g/mol. The fourth-order valence-corrected chi connectivity index (χ4v) is 1.22. The van der Waals surface area contributed by atoms with Crippen LogP contribution in [-0.4, -0.2) is 16.3 Å². The van der Waals surface area contributed by atoms with Crippen LogP contribution in [0.2, 0.25) is 0 Å². The number of aromatic nitrogens is 2. The molecule has 3 heteroatoms. The molecule has 0 atom stereocenters. The predicted molar refractivity (Wildman–Crippen MR) is 49.0 cm³/mol. The largest absolute Gasteiger partial charge is 0.382 e. The van der Waals surface area contributed by atoms with Gasteiger partial charge in [0.2, 0.25) is 0 Å². The Morgan fingerprint density at radius 2 is 2.42 bits per heavy atom. The molecule has 1 N–H and O–H groups in total. The van der Waals surface area contributed by atoms with Gasteiger partial charge in [-0.25, -0.2) is 0 Å². The number of nitrogens with zero attached hydrogens (tertiary/aromatic N) is 2. The van der Waals surface area contributed by atoms with E-state index < -0.39 is 0 Å². The minimum atomic E-state index is 0.565. The lowest BCUT2D eigenvalue weighted by Gasteiger charge is -2.08. The van der Waals surface area contributed by atoms with Crippen molar-refractivity contribution in [3.63, 3.8) is 0 Å². The van der Waals surface area contributed by atoms with Gasteiger partial charge < -0.3 is 5.32 Å². The Kier molecular flexibility index (Phi) is 1.60. The zero-order chi connectivity index (χ0) is 8.60. The molecule has 0 unspecified atom stereocenters. The van der Waals surface area contributed by atoms with E-state index in [1.165, 1.54) is 12.8 Å². The van der Waals surface area contributed by atoms with Gasteiger partial charge in [0.15, 0.2) is 0 Å². The second-order valence-electron chi connectivity index (χ2n) is 4.07. The van der Waals surface area contributed by atoms with E-state index in [1.54, 1.807) is 0 Å². The van der Waals surface area contributed by atoms with Gasteiger partial charge in [-0.2, -0.15) is 5.10 Å². The Labute approximate surface area is 72.8 Å². The van der Waals surface area contributed by atoms with Gasteiger partial charge in [0.1, 0.15) is 0 Å². The van der Waals surface area contributed by atoms with E-state index in [-0.39, 0.29) is 0 Å². The van der Waals surface area contributed by atoms with Crippen molar-refractivity contribution < 1.29 is 0 Å². The standard InChI is InChI=1S/C9H15N3/c1-9(3-4-9)7-10-8-5-11-12(2)6-8/h5-6,10H,3-4,7H2,1-2H3. The normalized spacial score (nSPS) is 19.2. The third kappa shape index (κ3) is 1.60. The van der Waals surface area contributed by atoms with Crippen LogP contribution in [0.3, 0.4) is 0 Å². The van der Waals surface area contributed by atoms with Crippen LogP contribution in [0.4, 0.5) is 5.69 Å². The first-order chi connectivity index (χ1) is 5.68. The van der Waals surface area contributed by atoms with Gasteiger partial charge in [0.25, 0.3) is 0 Å². The topological polar surface area (TPSA) is 29.9 Å². The van der Waals surface area contributed by atoms with Crippen LogP contribution in [-0.2, 0) is 7.05 Å². The van der Waals surface area contributed by atoms with Gasteiger partial charge in [0.05, 0.1) is 11.9 Å². The first-order valence-corrected chi connectivity index (χ1v) is 4.41. The molecular formula is C9H15N3. The summed E-state index contributed by atoms with van der Waals surface area (Å²) in [5, 5.41) is 7.48. The molecule has 0 bridgehead atoms. The van der Waals surface area contributed by atoms with Crippen molar-refractivity contribution in [2.75, 3.05) is 11.9 Å². The van der Waals surface area contributed by atoms with Crippen LogP contribution < -0.4 is 5.32 Å². The fourth-order valence-electron chi connectivity index (χ4n) is 1.22. The summed E-state index contributed by atoms with van der Waals surface area (Å²) in [6.45, 7) is 3.40. The SMILES string of the molecule is Cn1cc(NCC2(C)CC2)cn1. The predicted octanol–water partition coefficient (Wildman–Crippen LogP) is 1.63. The maximum Gasteiger partial charge on any atom is 0.0726 e. The number of aryl methyl sites for hydroxylation is 1. The third-order valence-corrected chi connectivity index (χ3v) is 2.53. The van der Waals surface area contributed by atoms with E-state index in [2.05, 4.69) is 17.3 Å². The van der Waals surface area contributed by atoms with Gasteiger partial charge in [-0.1, -0.05) is 6.92 Å². The van der Waals surface area contributed by atoms with E-state index in [0.717, 1.165) is 12.2 Å². The van der Waals surface area contributed by atoms with Crippen LogP contribution in [0.15, 0.2) is 12.4 Å². The molecule has 1 saturated carbocycles. The Morgan fingerprint density at radius 1 is 1.67 bits per heavy atom. The highest BCUT2D eigenvalue weighted by Crippen LogP contribution is 2.44. The summed E-state index contributed by atoms with van der Waals surface area (Å²) < 4.78 is 1.82. The zero-order valence-electron chi connectivity index (χ0n) is 7.67. The summed E-state index contributed by atoms with van der Waals surface area (Å²) >= 11 is 0. The van der Waals surface area contributed by atoms with Crippen LogP contribution >= 0.6 is 0 Å². The molecule has 0 amide bonds. The molecule has 0 spiro atoms. The molecule has 0 aromatic carbocycles. The van der Waals surface area contributed by atoms with E-state index in [0.29, 0.717) is 5.41 Å². The number of hydrogen-bond donors (Lipinski definition) is 1. The number of anilines is 1. The van der Waals surface area contributed by atoms with Crippen LogP contribution in [0.5, 0.6) is 0 Å². The van der Waals surface area contributed by atoms with Gasteiger partial charge in [-0.05, 0) is 18.3 Å². The molecular weight excluding hydrogens is 150 g/mol. The first kappa shape index (κ1) is 7.65. The lowest BCUT2D eigenvalue weighted by atomic mass is 10.1. The van der Waals surface area contributed by atoms with Crippen molar-refractivity contribution in [3.05, 3.63) is 12.4 Å². The molecule has 1 heterocycles. The van der Waals surface area contributed by atoms with Gasteiger partial charge in [0, 0.05) is 19.8 Å². The average Bonchev–Trinajstić information content (AvgIpc) is 2.60. The molecule has 2 rings (SSSR count). The number of rotatable bonds is 3. The highest BCUT2D eigenvalue weighted by molar-refractivity contribution is 5.38. The summed E-state index contributed by atoms with van der Waals surface area (Å²) in [6, 6.07) is 0. The summed E-state index contributed by atoms with van der Waals surface area (Å²) in [6.07, 6.45) is 6.60. The summed E-state index contributed by atoms with van der Waals surface area (Å²) in [4.78, 5) is 0. The smallest absolute Gasteiger partial charge is 0.0726 e. The molecule has 0 aliphatic heterocycles. The molecule has 0 radical (unpaired) electrons. The molecule has 12 heavy (non-hydrogen) atoms. The molecule has 1 aromatic heterocycles. The quantitative estimate of drug-likeness (QED) is 0.737. The van der Waals surface area contributed by atoms with E-state index >= 15 is 0 Å². The van der Waals surface area contributed by atoms with E-state index in [4.69, 9.17) is 0 Å². The van der Waals surface area contributed by atoms with Gasteiger partial charge >= 0.3 is 0 Å². The van der Waals surface area contributed by atoms with Crippen molar-refractivity contribution in [2.45, 2.75) is 19.8 Å². The monoisotopic (exact) mass is 165 g/mol. The number of nitrogens with one attached hydrogen (secondary N) is 1. The second kappa shape index (κ2) is 2.51. The molecule has 1 fully saturated rings. The summed E-state index contributed by atoms with van der Waals surface area (Å²) in [5.41, 5.74) is 1.70. The van der Waals surface area contributed by atoms with Crippen molar-refractivity contribution >= 4 is 5.69 Å². The molecule has 1 aliphatic carbocycles. The van der Waals surface area contributed by atoms with Gasteiger partial charge in [-0.3, -0.25) is 4.68 Å². The third-order valence-electron chi connectivity index (χ3n) is 2.53. The zero-order valence-corrected chi connectivity index (χ0v) is 7.67. The van der Waals surface area contributed by atoms with Crippen LogP contribution in [0, 0.1) is 5.41 Å². The Morgan fingerprint density at radius 3 is 2.92 bits per heavy atom. The molecule has 3 nitrogen and oxygen atoms in total. The van der Waals surface area contributed by atoms with E-state index in [9.17, 15) is 0 Å². The maximum absolute atomic E-state index is 4.09. The lowest BCUT2D eigenvalue weighted by molar-refractivity contribution is 0.610. The minimum Gasteiger partial charge on any atom is -0.382 e. The van der Waals surface area contributed by atoms with Crippen molar-refractivity contribution in [1.29, 1.82) is 0 Å². The highest BCUT2D eigenvalue weighted by Gasteiger charge is 2.36. The van der Waals surface area contributed by atoms with Crippen LogP contribution in [0.1, 0.15) is 19.8 Å². The van der Waals surface area contributed by atoms with Crippen LogP contribution in [0.25, 0.3) is 0 Å². The van der Waals surface area contributed by atoms with Crippen molar-refractivity contribution in [3.8, 4) is 0 Å². The number of hydrogen-bond acceptors (Lipinski definition) is 2. The first-order valence-electron chi connectivity index (χ1n) is 4.41.